The Morgan fingerprint density at radius 3 is 2.68 bits per heavy atom. The highest BCUT2D eigenvalue weighted by atomic mass is 16.2. The van der Waals surface area contributed by atoms with Crippen LogP contribution in [0.5, 0.6) is 0 Å². The topological polar surface area (TPSA) is 49.4 Å². The van der Waals surface area contributed by atoms with E-state index in [4.69, 9.17) is 0 Å². The van der Waals surface area contributed by atoms with E-state index in [0.717, 1.165) is 44.3 Å². The van der Waals surface area contributed by atoms with Crippen LogP contribution in [0.3, 0.4) is 0 Å². The molecule has 106 valence electrons. The molecule has 2 rings (SSSR count). The van der Waals surface area contributed by atoms with Gasteiger partial charge in [0, 0.05) is 37.5 Å². The lowest BCUT2D eigenvalue weighted by Crippen LogP contribution is -2.40. The van der Waals surface area contributed by atoms with Crippen molar-refractivity contribution in [2.75, 3.05) is 20.1 Å². The summed E-state index contributed by atoms with van der Waals surface area (Å²) in [4.78, 5) is 26.0. The van der Waals surface area contributed by atoms with Gasteiger partial charge in [-0.2, -0.15) is 0 Å². The molecule has 2 aliphatic rings. The van der Waals surface area contributed by atoms with Gasteiger partial charge in [0.15, 0.2) is 0 Å². The predicted octanol–water partition coefficient (Wildman–Crippen LogP) is 1.72. The first-order valence-electron chi connectivity index (χ1n) is 7.14. The molecule has 2 amide bonds. The van der Waals surface area contributed by atoms with Gasteiger partial charge in [0.25, 0.3) is 0 Å². The van der Waals surface area contributed by atoms with Gasteiger partial charge in [-0.1, -0.05) is 12.0 Å². The second-order valence-corrected chi connectivity index (χ2v) is 6.15. The number of hydrogen-bond donors (Lipinski definition) is 1. The molecule has 4 nitrogen and oxygen atoms in total. The third-order valence-corrected chi connectivity index (χ3v) is 4.58. The predicted molar refractivity (Wildman–Crippen MR) is 74.5 cm³/mol. The zero-order valence-corrected chi connectivity index (χ0v) is 12.2. The number of carbonyl (C=O) groups excluding carboxylic acids is 2. The van der Waals surface area contributed by atoms with E-state index in [0.29, 0.717) is 0 Å². The van der Waals surface area contributed by atoms with Crippen LogP contribution in [0.1, 0.15) is 39.5 Å². The number of allylic oxidation sites excluding steroid dienone is 1. The van der Waals surface area contributed by atoms with Crippen molar-refractivity contribution in [3.05, 3.63) is 11.6 Å². The number of hydrogen-bond acceptors (Lipinski definition) is 2. The molecular formula is C15H24N2O2. The first kappa shape index (κ1) is 14.1. The van der Waals surface area contributed by atoms with E-state index in [-0.39, 0.29) is 23.1 Å². The Labute approximate surface area is 115 Å². The van der Waals surface area contributed by atoms with Crippen LogP contribution in [0.25, 0.3) is 0 Å². The molecule has 0 bridgehead atoms. The Morgan fingerprint density at radius 1 is 1.32 bits per heavy atom. The van der Waals surface area contributed by atoms with E-state index in [9.17, 15) is 9.59 Å². The summed E-state index contributed by atoms with van der Waals surface area (Å²) in [6.07, 6.45) is 5.80. The Bertz CT molecular complexity index is 412. The third kappa shape index (κ3) is 2.67. The van der Waals surface area contributed by atoms with Crippen molar-refractivity contribution in [2.24, 2.45) is 11.3 Å². The minimum absolute atomic E-state index is 0.0330. The van der Waals surface area contributed by atoms with E-state index >= 15 is 0 Å². The zero-order valence-electron chi connectivity index (χ0n) is 12.2. The van der Waals surface area contributed by atoms with Gasteiger partial charge in [-0.15, -0.1) is 0 Å². The first-order chi connectivity index (χ1) is 8.98. The normalized spacial score (nSPS) is 29.6. The van der Waals surface area contributed by atoms with Crippen LogP contribution in [-0.2, 0) is 9.59 Å². The van der Waals surface area contributed by atoms with Gasteiger partial charge in [0.05, 0.1) is 0 Å². The van der Waals surface area contributed by atoms with E-state index < -0.39 is 0 Å². The lowest BCUT2D eigenvalue weighted by Gasteiger charge is -2.30. The second kappa shape index (κ2) is 5.35. The molecule has 2 fully saturated rings. The number of carbonyl (C=O) groups is 2. The van der Waals surface area contributed by atoms with Gasteiger partial charge in [0.1, 0.15) is 0 Å². The lowest BCUT2D eigenvalue weighted by atomic mass is 9.76. The highest BCUT2D eigenvalue weighted by Gasteiger charge is 2.50. The highest BCUT2D eigenvalue weighted by molar-refractivity contribution is 5.88. The first-order valence-corrected chi connectivity index (χ1v) is 7.14. The van der Waals surface area contributed by atoms with E-state index in [1.165, 1.54) is 0 Å². The van der Waals surface area contributed by atoms with E-state index in [1.54, 1.807) is 13.1 Å². The van der Waals surface area contributed by atoms with Crippen LogP contribution in [0, 0.1) is 11.3 Å². The summed E-state index contributed by atoms with van der Waals surface area (Å²) in [5.41, 5.74) is 1.06. The van der Waals surface area contributed by atoms with Crippen molar-refractivity contribution < 1.29 is 9.59 Å². The van der Waals surface area contributed by atoms with Crippen molar-refractivity contribution in [1.82, 2.24) is 10.2 Å². The molecule has 2 atom stereocenters. The molecule has 1 aliphatic carbocycles. The minimum Gasteiger partial charge on any atom is -0.359 e. The summed E-state index contributed by atoms with van der Waals surface area (Å²) in [5, 5.41) is 2.78. The average Bonchev–Trinajstić information content (AvgIpc) is 2.96. The molecule has 0 aromatic heterocycles. The number of likely N-dealkylation sites (tertiary alicyclic amines) is 1. The fraction of sp³-hybridized carbons (Fsp3) is 0.733. The standard InChI is InChI=1S/C15H24N2O2/c1-11(2)9-13(18)17-8-7-15(10-17)6-4-5-12(15)14(19)16-3/h9,12H,4-8,10H2,1-3H3,(H,16,19)/t12-,15+/m0/s1. The van der Waals surface area contributed by atoms with Crippen LogP contribution in [0.2, 0.25) is 0 Å². The molecule has 4 heteroatoms. The Hall–Kier alpha value is -1.32. The molecular weight excluding hydrogens is 240 g/mol. The SMILES string of the molecule is CNC(=O)[C@@H]1CCC[C@]12CCN(C(=O)C=C(C)C)C2. The molecule has 1 aliphatic heterocycles. The van der Waals surface area contributed by atoms with Gasteiger partial charge in [-0.25, -0.2) is 0 Å². The van der Waals surface area contributed by atoms with Crippen molar-refractivity contribution in [1.29, 1.82) is 0 Å². The minimum atomic E-state index is 0.0330. The molecule has 0 aromatic carbocycles. The number of rotatable bonds is 2. The van der Waals surface area contributed by atoms with Crippen molar-refractivity contribution in [3.63, 3.8) is 0 Å². The molecule has 1 N–H and O–H groups in total. The summed E-state index contributed by atoms with van der Waals surface area (Å²) in [6.45, 7) is 5.41. The third-order valence-electron chi connectivity index (χ3n) is 4.58. The van der Waals surface area contributed by atoms with Crippen LogP contribution in [-0.4, -0.2) is 36.9 Å². The summed E-state index contributed by atoms with van der Waals surface area (Å²) in [6, 6.07) is 0. The van der Waals surface area contributed by atoms with Gasteiger partial charge >= 0.3 is 0 Å². The summed E-state index contributed by atoms with van der Waals surface area (Å²) in [5.74, 6) is 0.329. The molecule has 19 heavy (non-hydrogen) atoms. The van der Waals surface area contributed by atoms with Crippen molar-refractivity contribution in [2.45, 2.75) is 39.5 Å². The molecule has 1 heterocycles. The average molecular weight is 264 g/mol. The van der Waals surface area contributed by atoms with Gasteiger partial charge in [-0.05, 0) is 33.1 Å². The monoisotopic (exact) mass is 264 g/mol. The molecule has 1 saturated heterocycles. The maximum Gasteiger partial charge on any atom is 0.246 e. The van der Waals surface area contributed by atoms with E-state index in [2.05, 4.69) is 5.32 Å². The maximum atomic E-state index is 12.1. The van der Waals surface area contributed by atoms with Crippen LogP contribution < -0.4 is 5.32 Å². The molecule has 0 aromatic rings. The Kier molecular flexibility index (Phi) is 3.97. The largest absolute Gasteiger partial charge is 0.359 e. The van der Waals surface area contributed by atoms with Gasteiger partial charge < -0.3 is 10.2 Å². The Balaban J connectivity index is 2.10. The Morgan fingerprint density at radius 2 is 2.05 bits per heavy atom. The summed E-state index contributed by atoms with van der Waals surface area (Å²) >= 11 is 0. The van der Waals surface area contributed by atoms with Gasteiger partial charge in [-0.3, -0.25) is 9.59 Å². The number of amides is 2. The molecule has 0 radical (unpaired) electrons. The van der Waals surface area contributed by atoms with Crippen molar-refractivity contribution >= 4 is 11.8 Å². The number of nitrogens with zero attached hydrogens (tertiary/aromatic N) is 1. The van der Waals surface area contributed by atoms with Crippen molar-refractivity contribution in [3.8, 4) is 0 Å². The maximum absolute atomic E-state index is 12.1. The van der Waals surface area contributed by atoms with E-state index in [1.807, 2.05) is 18.7 Å². The zero-order chi connectivity index (χ0) is 14.0. The summed E-state index contributed by atoms with van der Waals surface area (Å²) < 4.78 is 0. The second-order valence-electron chi connectivity index (χ2n) is 6.15. The quantitative estimate of drug-likeness (QED) is 0.772. The fourth-order valence-corrected chi connectivity index (χ4v) is 3.63. The number of nitrogens with one attached hydrogen (secondary N) is 1. The van der Waals surface area contributed by atoms with Gasteiger partial charge in [0.2, 0.25) is 11.8 Å². The molecule has 1 spiro atoms. The van der Waals surface area contributed by atoms with Crippen LogP contribution in [0.4, 0.5) is 0 Å². The lowest BCUT2D eigenvalue weighted by molar-refractivity contribution is -0.129. The molecule has 1 saturated carbocycles. The summed E-state index contributed by atoms with van der Waals surface area (Å²) in [7, 11) is 1.70. The van der Waals surface area contributed by atoms with Crippen LogP contribution in [0.15, 0.2) is 11.6 Å². The fourth-order valence-electron chi connectivity index (χ4n) is 3.63. The highest BCUT2D eigenvalue weighted by Crippen LogP contribution is 2.49. The van der Waals surface area contributed by atoms with Crippen LogP contribution >= 0.6 is 0 Å². The smallest absolute Gasteiger partial charge is 0.246 e. The molecule has 0 unspecified atom stereocenters.